The van der Waals surface area contributed by atoms with E-state index < -0.39 is 6.04 Å². The fourth-order valence-electron chi connectivity index (χ4n) is 3.11. The second-order valence-electron chi connectivity index (χ2n) is 6.19. The minimum atomic E-state index is -0.590. The fraction of sp³-hybridized carbons (Fsp3) is 0.350. The number of aryl methyl sites for hydroxylation is 1. The first kappa shape index (κ1) is 19.4. The van der Waals surface area contributed by atoms with Crippen LogP contribution >= 0.6 is 0 Å². The molecule has 0 aliphatic heterocycles. The quantitative estimate of drug-likeness (QED) is 0.451. The van der Waals surface area contributed by atoms with Crippen LogP contribution in [-0.4, -0.2) is 29.4 Å². The highest BCUT2D eigenvalue weighted by atomic mass is 16.5. The van der Waals surface area contributed by atoms with E-state index in [1.54, 1.807) is 30.3 Å². The molecule has 0 radical (unpaired) electrons. The summed E-state index contributed by atoms with van der Waals surface area (Å²) in [5.41, 5.74) is 3.04. The number of hydrogen-bond acceptors (Lipinski definition) is 5. The number of ether oxygens (including phenoxy) is 2. The molecule has 1 atom stereocenters. The molecule has 1 heterocycles. The number of Topliss-reactive ketones (excluding diaryl/α,β-unsaturated/α-hetero) is 1. The van der Waals surface area contributed by atoms with Gasteiger partial charge in [0.05, 0.1) is 7.11 Å². The van der Waals surface area contributed by atoms with Crippen LogP contribution in [0.25, 0.3) is 0 Å². The lowest BCUT2D eigenvalue weighted by atomic mass is 10.0. The lowest BCUT2D eigenvalue weighted by Gasteiger charge is -2.21. The topological polar surface area (TPSA) is 74.6 Å². The Morgan fingerprint density at radius 1 is 1.08 bits per heavy atom. The zero-order chi connectivity index (χ0) is 19.4. The molecular formula is C20H23NO5. The Bertz CT molecular complexity index is 833. The summed E-state index contributed by atoms with van der Waals surface area (Å²) in [7, 11) is 1.35. The van der Waals surface area contributed by atoms with Gasteiger partial charge in [-0.05, 0) is 44.5 Å². The van der Waals surface area contributed by atoms with E-state index in [0.717, 1.165) is 17.0 Å². The largest absolute Gasteiger partial charge is 0.467 e. The molecule has 0 N–H and O–H groups in total. The van der Waals surface area contributed by atoms with Gasteiger partial charge in [0.1, 0.15) is 11.8 Å². The van der Waals surface area contributed by atoms with E-state index in [-0.39, 0.29) is 17.7 Å². The number of carbonyl (C=O) groups is 3. The third-order valence-electron chi connectivity index (χ3n) is 4.26. The molecule has 0 saturated carbocycles. The molecule has 26 heavy (non-hydrogen) atoms. The summed E-state index contributed by atoms with van der Waals surface area (Å²) in [6.45, 7) is 6.53. The van der Waals surface area contributed by atoms with Gasteiger partial charge in [-0.3, -0.25) is 9.59 Å². The Kier molecular flexibility index (Phi) is 5.97. The summed E-state index contributed by atoms with van der Waals surface area (Å²) in [5.74, 6) is -0.367. The second-order valence-corrected chi connectivity index (χ2v) is 6.19. The Hall–Kier alpha value is -2.89. The van der Waals surface area contributed by atoms with Gasteiger partial charge >= 0.3 is 11.9 Å². The molecule has 0 aliphatic rings. The van der Waals surface area contributed by atoms with Crippen molar-refractivity contribution >= 4 is 17.7 Å². The number of rotatable bonds is 6. The molecule has 1 aromatic carbocycles. The molecule has 0 amide bonds. The van der Waals surface area contributed by atoms with Crippen molar-refractivity contribution in [2.24, 2.45) is 0 Å². The van der Waals surface area contributed by atoms with Crippen molar-refractivity contribution in [2.75, 3.05) is 7.11 Å². The molecule has 0 spiro atoms. The van der Waals surface area contributed by atoms with Crippen molar-refractivity contribution in [1.82, 2.24) is 4.57 Å². The number of benzene rings is 1. The van der Waals surface area contributed by atoms with E-state index in [9.17, 15) is 14.4 Å². The molecular weight excluding hydrogens is 334 g/mol. The second kappa shape index (κ2) is 7.99. The minimum Gasteiger partial charge on any atom is -0.467 e. The van der Waals surface area contributed by atoms with Gasteiger partial charge in [0.25, 0.3) is 0 Å². The fourth-order valence-corrected chi connectivity index (χ4v) is 3.11. The van der Waals surface area contributed by atoms with Gasteiger partial charge in [0.2, 0.25) is 0 Å². The van der Waals surface area contributed by atoms with E-state index in [2.05, 4.69) is 0 Å². The summed E-state index contributed by atoms with van der Waals surface area (Å²) >= 11 is 0. The van der Waals surface area contributed by atoms with Crippen LogP contribution in [0, 0.1) is 13.8 Å². The zero-order valence-corrected chi connectivity index (χ0v) is 15.7. The molecule has 0 aliphatic carbocycles. The highest BCUT2D eigenvalue weighted by Crippen LogP contribution is 2.26. The van der Waals surface area contributed by atoms with E-state index in [1.807, 2.05) is 18.4 Å². The number of carbonyl (C=O) groups excluding carboxylic acids is 3. The molecule has 6 heteroatoms. The van der Waals surface area contributed by atoms with Crippen molar-refractivity contribution in [3.8, 4) is 5.75 Å². The van der Waals surface area contributed by atoms with Crippen LogP contribution in [0.15, 0.2) is 30.3 Å². The summed E-state index contributed by atoms with van der Waals surface area (Å²) in [6.07, 6.45) is 0.390. The molecule has 2 rings (SSSR count). The lowest BCUT2D eigenvalue weighted by molar-refractivity contribution is -0.144. The van der Waals surface area contributed by atoms with Gasteiger partial charge in [-0.15, -0.1) is 0 Å². The zero-order valence-electron chi connectivity index (χ0n) is 15.7. The summed E-state index contributed by atoms with van der Waals surface area (Å²) in [5, 5.41) is 0. The van der Waals surface area contributed by atoms with Gasteiger partial charge in [-0.1, -0.05) is 12.1 Å². The van der Waals surface area contributed by atoms with Gasteiger partial charge in [0.15, 0.2) is 5.78 Å². The predicted octanol–water partition coefficient (Wildman–Crippen LogP) is 3.19. The van der Waals surface area contributed by atoms with E-state index in [0.29, 0.717) is 17.7 Å². The van der Waals surface area contributed by atoms with Crippen molar-refractivity contribution in [2.45, 2.75) is 40.2 Å². The van der Waals surface area contributed by atoms with Crippen LogP contribution in [0.1, 0.15) is 47.2 Å². The molecule has 6 nitrogen and oxygen atoms in total. The van der Waals surface area contributed by atoms with Crippen molar-refractivity contribution < 1.29 is 23.9 Å². The summed E-state index contributed by atoms with van der Waals surface area (Å²) in [6, 6.07) is 8.16. The van der Waals surface area contributed by atoms with Crippen LogP contribution in [-0.2, 0) is 20.7 Å². The van der Waals surface area contributed by atoms with Crippen molar-refractivity contribution in [3.05, 3.63) is 52.8 Å². The maximum atomic E-state index is 12.4. The molecule has 1 aromatic heterocycles. The average Bonchev–Trinajstić information content (AvgIpc) is 2.88. The highest BCUT2D eigenvalue weighted by molar-refractivity contribution is 5.95. The number of esters is 2. The van der Waals surface area contributed by atoms with Gasteiger partial charge < -0.3 is 14.0 Å². The van der Waals surface area contributed by atoms with E-state index in [4.69, 9.17) is 9.47 Å². The van der Waals surface area contributed by atoms with Crippen LogP contribution in [0.4, 0.5) is 0 Å². The first-order valence-corrected chi connectivity index (χ1v) is 8.29. The Morgan fingerprint density at radius 3 is 2.15 bits per heavy atom. The van der Waals surface area contributed by atoms with Gasteiger partial charge in [-0.2, -0.15) is 0 Å². The van der Waals surface area contributed by atoms with Crippen LogP contribution in [0.5, 0.6) is 5.75 Å². The average molecular weight is 357 g/mol. The van der Waals surface area contributed by atoms with Crippen molar-refractivity contribution in [3.63, 3.8) is 0 Å². The van der Waals surface area contributed by atoms with E-state index in [1.165, 1.54) is 21.0 Å². The number of hydrogen-bond donors (Lipinski definition) is 0. The number of ketones is 1. The number of nitrogens with zero attached hydrogens (tertiary/aromatic N) is 1. The number of aromatic nitrogens is 1. The first-order chi connectivity index (χ1) is 12.2. The van der Waals surface area contributed by atoms with Crippen molar-refractivity contribution in [1.29, 1.82) is 0 Å². The molecule has 2 aromatic rings. The summed E-state index contributed by atoms with van der Waals surface area (Å²) in [4.78, 5) is 35.2. The highest BCUT2D eigenvalue weighted by Gasteiger charge is 2.26. The molecule has 138 valence electrons. The minimum absolute atomic E-state index is 0.0429. The predicted molar refractivity (Wildman–Crippen MR) is 96.4 cm³/mol. The van der Waals surface area contributed by atoms with Gasteiger partial charge in [-0.25, -0.2) is 4.79 Å². The SMILES string of the molecule is COC(=O)C(Cc1ccc(OC(C)=O)cc1)n1c(C)cc(C(C)=O)c1C. The number of methoxy groups -OCH3 is 1. The monoisotopic (exact) mass is 357 g/mol. The Morgan fingerprint density at radius 2 is 1.69 bits per heavy atom. The first-order valence-electron chi connectivity index (χ1n) is 8.29. The standard InChI is InChI=1S/C20H23NO5/c1-12-10-18(14(3)22)13(2)21(12)19(20(24)25-5)11-16-6-8-17(9-7-16)26-15(4)23/h6-10,19H,11H2,1-5H3. The molecule has 0 fully saturated rings. The molecule has 0 bridgehead atoms. The summed E-state index contributed by atoms with van der Waals surface area (Å²) < 4.78 is 11.8. The smallest absolute Gasteiger partial charge is 0.329 e. The Balaban J connectivity index is 2.36. The van der Waals surface area contributed by atoms with Gasteiger partial charge in [0, 0.05) is 30.3 Å². The normalized spacial score (nSPS) is 11.7. The maximum absolute atomic E-state index is 12.4. The molecule has 1 unspecified atom stereocenters. The lowest BCUT2D eigenvalue weighted by Crippen LogP contribution is -2.25. The maximum Gasteiger partial charge on any atom is 0.329 e. The van der Waals surface area contributed by atoms with Crippen LogP contribution in [0.3, 0.4) is 0 Å². The Labute approximate surface area is 152 Å². The van der Waals surface area contributed by atoms with E-state index >= 15 is 0 Å². The molecule has 0 saturated heterocycles. The van der Waals surface area contributed by atoms with Crippen LogP contribution in [0.2, 0.25) is 0 Å². The third kappa shape index (κ3) is 4.20. The third-order valence-corrected chi connectivity index (χ3v) is 4.26. The van der Waals surface area contributed by atoms with Crippen LogP contribution < -0.4 is 4.74 Å².